The second-order valence-corrected chi connectivity index (χ2v) is 5.28. The van der Waals surface area contributed by atoms with Crippen molar-refractivity contribution in [3.8, 4) is 0 Å². The van der Waals surface area contributed by atoms with E-state index in [0.717, 1.165) is 30.7 Å². The lowest BCUT2D eigenvalue weighted by molar-refractivity contribution is 0.636. The highest BCUT2D eigenvalue weighted by Gasteiger charge is 2.09. The lowest BCUT2D eigenvalue weighted by atomic mass is 10.2. The maximum absolute atomic E-state index is 5.92. The van der Waals surface area contributed by atoms with E-state index in [0.29, 0.717) is 6.54 Å². The molecule has 0 amide bonds. The number of rotatable bonds is 6. The molecular formula is C12H19N5S. The Hall–Kier alpha value is -1.27. The first-order chi connectivity index (χ1) is 8.72. The van der Waals surface area contributed by atoms with Crippen LogP contribution >= 0.6 is 11.3 Å². The quantitative estimate of drug-likeness (QED) is 0.868. The van der Waals surface area contributed by atoms with Crippen LogP contribution in [0.3, 0.4) is 0 Å². The molecular weight excluding hydrogens is 246 g/mol. The fourth-order valence-electron chi connectivity index (χ4n) is 1.69. The van der Waals surface area contributed by atoms with Crippen molar-refractivity contribution in [1.29, 1.82) is 0 Å². The Morgan fingerprint density at radius 2 is 2.28 bits per heavy atom. The van der Waals surface area contributed by atoms with Gasteiger partial charge in [0, 0.05) is 5.38 Å². The van der Waals surface area contributed by atoms with Gasteiger partial charge in [0.05, 0.1) is 35.2 Å². The number of hydrogen-bond acceptors (Lipinski definition) is 5. The molecule has 2 aromatic heterocycles. The minimum absolute atomic E-state index is 0.0233. The van der Waals surface area contributed by atoms with Crippen LogP contribution < -0.4 is 5.73 Å². The Balaban J connectivity index is 2.01. The molecule has 98 valence electrons. The van der Waals surface area contributed by atoms with Gasteiger partial charge in [-0.05, 0) is 19.3 Å². The van der Waals surface area contributed by atoms with Gasteiger partial charge in [-0.15, -0.1) is 16.4 Å². The molecule has 0 radical (unpaired) electrons. The van der Waals surface area contributed by atoms with E-state index in [2.05, 4.69) is 27.6 Å². The van der Waals surface area contributed by atoms with E-state index in [4.69, 9.17) is 5.73 Å². The van der Waals surface area contributed by atoms with E-state index >= 15 is 0 Å². The molecule has 0 bridgehead atoms. The molecule has 0 aromatic carbocycles. The van der Waals surface area contributed by atoms with E-state index in [1.165, 1.54) is 5.01 Å². The molecule has 2 rings (SSSR count). The predicted molar refractivity (Wildman–Crippen MR) is 72.5 cm³/mol. The molecule has 0 aliphatic carbocycles. The van der Waals surface area contributed by atoms with Crippen molar-refractivity contribution in [2.24, 2.45) is 5.73 Å². The Morgan fingerprint density at radius 1 is 1.44 bits per heavy atom. The molecule has 1 atom stereocenters. The summed E-state index contributed by atoms with van der Waals surface area (Å²) in [5.41, 5.74) is 7.81. The van der Waals surface area contributed by atoms with Gasteiger partial charge < -0.3 is 5.73 Å². The van der Waals surface area contributed by atoms with Gasteiger partial charge in [-0.3, -0.25) is 0 Å². The van der Waals surface area contributed by atoms with Gasteiger partial charge in [-0.25, -0.2) is 9.67 Å². The van der Waals surface area contributed by atoms with Crippen molar-refractivity contribution in [3.05, 3.63) is 28.0 Å². The van der Waals surface area contributed by atoms with Crippen LogP contribution in [0.2, 0.25) is 0 Å². The molecule has 0 aliphatic rings. The van der Waals surface area contributed by atoms with E-state index < -0.39 is 0 Å². The summed E-state index contributed by atoms with van der Waals surface area (Å²) in [6.07, 6.45) is 4.96. The van der Waals surface area contributed by atoms with Crippen molar-refractivity contribution in [1.82, 2.24) is 20.0 Å². The van der Waals surface area contributed by atoms with Gasteiger partial charge >= 0.3 is 0 Å². The lowest BCUT2D eigenvalue weighted by Crippen LogP contribution is -2.08. The number of nitrogens with two attached hydrogens (primary N) is 1. The summed E-state index contributed by atoms with van der Waals surface area (Å²) in [4.78, 5) is 4.57. The Kier molecular flexibility index (Phi) is 4.43. The highest BCUT2D eigenvalue weighted by molar-refractivity contribution is 7.09. The van der Waals surface area contributed by atoms with Gasteiger partial charge in [0.1, 0.15) is 0 Å². The second-order valence-electron chi connectivity index (χ2n) is 4.34. The maximum Gasteiger partial charge on any atom is 0.0994 e. The Labute approximate surface area is 111 Å². The van der Waals surface area contributed by atoms with Crippen molar-refractivity contribution < 1.29 is 0 Å². The van der Waals surface area contributed by atoms with Gasteiger partial charge in [0.25, 0.3) is 0 Å². The zero-order valence-corrected chi connectivity index (χ0v) is 11.7. The fourth-order valence-corrected chi connectivity index (χ4v) is 2.58. The van der Waals surface area contributed by atoms with E-state index in [9.17, 15) is 0 Å². The van der Waals surface area contributed by atoms with Crippen molar-refractivity contribution >= 4 is 11.3 Å². The third-order valence-corrected chi connectivity index (χ3v) is 3.72. The van der Waals surface area contributed by atoms with Crippen LogP contribution in [0.15, 0.2) is 11.6 Å². The molecule has 0 saturated carbocycles. The molecule has 5 nitrogen and oxygen atoms in total. The fraction of sp³-hybridized carbons (Fsp3) is 0.583. The molecule has 0 aliphatic heterocycles. The van der Waals surface area contributed by atoms with E-state index in [1.807, 2.05) is 13.1 Å². The molecule has 0 fully saturated rings. The zero-order chi connectivity index (χ0) is 13.0. The Bertz CT molecular complexity index is 490. The first-order valence-electron chi connectivity index (χ1n) is 6.31. The third kappa shape index (κ3) is 3.14. The highest BCUT2D eigenvalue weighted by atomic mass is 32.1. The summed E-state index contributed by atoms with van der Waals surface area (Å²) < 4.78 is 1.80. The van der Waals surface area contributed by atoms with Gasteiger partial charge in [-0.1, -0.05) is 19.1 Å². The highest BCUT2D eigenvalue weighted by Crippen LogP contribution is 2.14. The largest absolute Gasteiger partial charge is 0.323 e. The SMILES string of the molecule is CCCc1nc(Cn2cc(C(N)CC)nn2)cs1. The molecule has 1 unspecified atom stereocenters. The molecule has 2 N–H and O–H groups in total. The van der Waals surface area contributed by atoms with E-state index in [-0.39, 0.29) is 6.04 Å². The monoisotopic (exact) mass is 265 g/mol. The first-order valence-corrected chi connectivity index (χ1v) is 7.19. The standard InChI is InChI=1S/C12H19N5S/c1-3-5-12-14-9(8-18-12)6-17-7-11(15-16-17)10(13)4-2/h7-8,10H,3-6,13H2,1-2H3. The summed E-state index contributed by atoms with van der Waals surface area (Å²) in [6.45, 7) is 4.88. The third-order valence-electron chi connectivity index (χ3n) is 2.76. The predicted octanol–water partition coefficient (Wildman–Crippen LogP) is 2.15. The zero-order valence-electron chi connectivity index (χ0n) is 10.8. The van der Waals surface area contributed by atoms with Crippen LogP contribution in [0.4, 0.5) is 0 Å². The van der Waals surface area contributed by atoms with Crippen LogP contribution in [0, 0.1) is 0 Å². The van der Waals surface area contributed by atoms with Gasteiger partial charge in [-0.2, -0.15) is 0 Å². The molecule has 0 spiro atoms. The van der Waals surface area contributed by atoms with E-state index in [1.54, 1.807) is 16.0 Å². The van der Waals surface area contributed by atoms with Gasteiger partial charge in [0.15, 0.2) is 0 Å². The number of aryl methyl sites for hydroxylation is 1. The number of thiazole rings is 1. The summed E-state index contributed by atoms with van der Waals surface area (Å²) in [6, 6.07) is -0.0233. The number of hydrogen-bond donors (Lipinski definition) is 1. The number of aromatic nitrogens is 4. The average molecular weight is 265 g/mol. The normalized spacial score (nSPS) is 12.8. The van der Waals surface area contributed by atoms with Crippen LogP contribution in [0.25, 0.3) is 0 Å². The molecule has 18 heavy (non-hydrogen) atoms. The van der Waals surface area contributed by atoms with Crippen LogP contribution in [-0.4, -0.2) is 20.0 Å². The molecule has 6 heteroatoms. The molecule has 2 heterocycles. The summed E-state index contributed by atoms with van der Waals surface area (Å²) in [5.74, 6) is 0. The first kappa shape index (κ1) is 13.2. The summed E-state index contributed by atoms with van der Waals surface area (Å²) in [5, 5.41) is 11.5. The minimum atomic E-state index is -0.0233. The number of nitrogens with zero attached hydrogens (tertiary/aromatic N) is 4. The molecule has 2 aromatic rings. The second kappa shape index (κ2) is 6.06. The van der Waals surface area contributed by atoms with Crippen molar-refractivity contribution in [2.45, 2.75) is 45.7 Å². The summed E-state index contributed by atoms with van der Waals surface area (Å²) in [7, 11) is 0. The van der Waals surface area contributed by atoms with Crippen LogP contribution in [-0.2, 0) is 13.0 Å². The van der Waals surface area contributed by atoms with Crippen molar-refractivity contribution in [2.75, 3.05) is 0 Å². The van der Waals surface area contributed by atoms with Crippen LogP contribution in [0.5, 0.6) is 0 Å². The molecule has 0 saturated heterocycles. The van der Waals surface area contributed by atoms with Gasteiger partial charge in [0.2, 0.25) is 0 Å². The topological polar surface area (TPSA) is 69.6 Å². The smallest absolute Gasteiger partial charge is 0.0994 e. The summed E-state index contributed by atoms with van der Waals surface area (Å²) >= 11 is 1.71. The maximum atomic E-state index is 5.92. The van der Waals surface area contributed by atoms with Crippen molar-refractivity contribution in [3.63, 3.8) is 0 Å². The average Bonchev–Trinajstić information content (AvgIpc) is 2.99. The lowest BCUT2D eigenvalue weighted by Gasteiger charge is -2.01. The minimum Gasteiger partial charge on any atom is -0.323 e. The Morgan fingerprint density at radius 3 is 3.00 bits per heavy atom. The van der Waals surface area contributed by atoms with Crippen LogP contribution in [0.1, 0.15) is 49.1 Å².